The second-order valence-corrected chi connectivity index (χ2v) is 3.61. The molecule has 2 N–H and O–H groups in total. The number of hydrogen-bond donors (Lipinski definition) is 1. The highest BCUT2D eigenvalue weighted by molar-refractivity contribution is 5.55. The Balaban J connectivity index is 2.42. The summed E-state index contributed by atoms with van der Waals surface area (Å²) in [5.74, 6) is 1.18. The van der Waals surface area contributed by atoms with Crippen LogP contribution in [0.5, 0.6) is 17.2 Å². The molecule has 1 aromatic rings. The minimum absolute atomic E-state index is 0.265. The molecule has 0 radical (unpaired) electrons. The SMILES string of the molecule is COc1cc(C(N)C(F)F)cc2c1OCCO2. The predicted molar refractivity (Wildman–Crippen MR) is 56.9 cm³/mol. The fraction of sp³-hybridized carbons (Fsp3) is 0.455. The third-order valence-electron chi connectivity index (χ3n) is 2.51. The zero-order chi connectivity index (χ0) is 12.4. The lowest BCUT2D eigenvalue weighted by molar-refractivity contribution is 0.115. The van der Waals surface area contributed by atoms with Crippen LogP contribution in [0.2, 0.25) is 0 Å². The van der Waals surface area contributed by atoms with Crippen molar-refractivity contribution in [2.45, 2.75) is 12.5 Å². The standard InChI is InChI=1S/C11H13F2NO3/c1-15-7-4-6(9(14)11(12)13)5-8-10(7)17-3-2-16-8/h4-5,9,11H,2-3,14H2,1H3. The Morgan fingerprint density at radius 1 is 1.29 bits per heavy atom. The van der Waals surface area contributed by atoms with Crippen molar-refractivity contribution >= 4 is 0 Å². The fourth-order valence-electron chi connectivity index (χ4n) is 1.63. The molecular weight excluding hydrogens is 232 g/mol. The summed E-state index contributed by atoms with van der Waals surface area (Å²) in [5, 5.41) is 0. The fourth-order valence-corrected chi connectivity index (χ4v) is 1.63. The molecule has 1 aliphatic rings. The third kappa shape index (κ3) is 2.26. The van der Waals surface area contributed by atoms with Gasteiger partial charge in [-0.1, -0.05) is 0 Å². The molecule has 1 aromatic carbocycles. The van der Waals surface area contributed by atoms with E-state index < -0.39 is 12.5 Å². The van der Waals surface area contributed by atoms with E-state index in [2.05, 4.69) is 0 Å². The molecule has 1 aliphatic heterocycles. The Labute approximate surface area is 97.3 Å². The Morgan fingerprint density at radius 3 is 2.65 bits per heavy atom. The minimum atomic E-state index is -2.64. The lowest BCUT2D eigenvalue weighted by Gasteiger charge is -2.22. The highest BCUT2D eigenvalue weighted by Gasteiger charge is 2.24. The second kappa shape index (κ2) is 4.75. The van der Waals surface area contributed by atoms with Gasteiger partial charge in [-0.3, -0.25) is 0 Å². The van der Waals surface area contributed by atoms with Crippen molar-refractivity contribution in [1.82, 2.24) is 0 Å². The van der Waals surface area contributed by atoms with Gasteiger partial charge >= 0.3 is 0 Å². The normalized spacial score (nSPS) is 15.8. The number of hydrogen-bond acceptors (Lipinski definition) is 4. The second-order valence-electron chi connectivity index (χ2n) is 3.61. The quantitative estimate of drug-likeness (QED) is 0.881. The number of alkyl halides is 2. The van der Waals surface area contributed by atoms with Crippen LogP contribution in [0.25, 0.3) is 0 Å². The molecule has 6 heteroatoms. The summed E-state index contributed by atoms with van der Waals surface area (Å²) in [4.78, 5) is 0. The van der Waals surface area contributed by atoms with Crippen molar-refractivity contribution in [3.8, 4) is 17.2 Å². The zero-order valence-electron chi connectivity index (χ0n) is 9.28. The van der Waals surface area contributed by atoms with Gasteiger partial charge in [0.25, 0.3) is 6.43 Å². The maximum atomic E-state index is 12.5. The van der Waals surface area contributed by atoms with Crippen LogP contribution < -0.4 is 19.9 Å². The van der Waals surface area contributed by atoms with Crippen LogP contribution in [0.1, 0.15) is 11.6 Å². The smallest absolute Gasteiger partial charge is 0.257 e. The van der Waals surface area contributed by atoms with Crippen LogP contribution in [-0.2, 0) is 0 Å². The topological polar surface area (TPSA) is 53.7 Å². The summed E-state index contributed by atoms with van der Waals surface area (Å²) in [7, 11) is 1.44. The molecule has 0 spiro atoms. The van der Waals surface area contributed by atoms with Gasteiger partial charge in [0.1, 0.15) is 13.2 Å². The molecule has 0 bridgehead atoms. The molecule has 17 heavy (non-hydrogen) atoms. The van der Waals surface area contributed by atoms with Gasteiger partial charge in [0, 0.05) is 0 Å². The third-order valence-corrected chi connectivity index (χ3v) is 2.51. The van der Waals surface area contributed by atoms with Gasteiger partial charge in [-0.15, -0.1) is 0 Å². The van der Waals surface area contributed by atoms with E-state index in [4.69, 9.17) is 19.9 Å². The van der Waals surface area contributed by atoms with Gasteiger partial charge in [-0.25, -0.2) is 8.78 Å². The first-order chi connectivity index (χ1) is 8.13. The number of nitrogens with two attached hydrogens (primary N) is 1. The van der Waals surface area contributed by atoms with Crippen LogP contribution in [-0.4, -0.2) is 26.7 Å². The highest BCUT2D eigenvalue weighted by atomic mass is 19.3. The Bertz CT molecular complexity index is 395. The van der Waals surface area contributed by atoms with Crippen LogP contribution in [0, 0.1) is 0 Å². The Kier molecular flexibility index (Phi) is 3.33. The van der Waals surface area contributed by atoms with Gasteiger partial charge in [0.05, 0.1) is 13.2 Å². The largest absolute Gasteiger partial charge is 0.493 e. The molecule has 0 aromatic heterocycles. The molecule has 4 nitrogen and oxygen atoms in total. The van der Waals surface area contributed by atoms with Gasteiger partial charge < -0.3 is 19.9 Å². The molecule has 0 fully saturated rings. The lowest BCUT2D eigenvalue weighted by Crippen LogP contribution is -2.21. The molecule has 1 unspecified atom stereocenters. The van der Waals surface area contributed by atoms with E-state index in [1.54, 1.807) is 0 Å². The summed E-state index contributed by atoms with van der Waals surface area (Å²) in [6, 6.07) is 1.55. The summed E-state index contributed by atoms with van der Waals surface area (Å²) in [6.45, 7) is 0.785. The zero-order valence-corrected chi connectivity index (χ0v) is 9.28. The van der Waals surface area contributed by atoms with Crippen molar-refractivity contribution in [3.05, 3.63) is 17.7 Å². The molecule has 94 valence electrons. The summed E-state index contributed by atoms with van der Waals surface area (Å²) in [5.41, 5.74) is 5.66. The molecule has 2 rings (SSSR count). The first-order valence-corrected chi connectivity index (χ1v) is 5.14. The first kappa shape index (κ1) is 11.9. The van der Waals surface area contributed by atoms with Gasteiger partial charge in [-0.05, 0) is 17.7 Å². The van der Waals surface area contributed by atoms with Crippen LogP contribution in [0.3, 0.4) is 0 Å². The van der Waals surface area contributed by atoms with E-state index in [0.717, 1.165) is 0 Å². The van der Waals surface area contributed by atoms with E-state index in [9.17, 15) is 8.78 Å². The molecule has 0 amide bonds. The number of methoxy groups -OCH3 is 1. The number of fused-ring (bicyclic) bond motifs is 1. The predicted octanol–water partition coefficient (Wildman–Crippen LogP) is 1.73. The van der Waals surface area contributed by atoms with Crippen molar-refractivity contribution in [2.75, 3.05) is 20.3 Å². The molecule has 1 atom stereocenters. The summed E-state index contributed by atoms with van der Waals surface area (Å²) in [6.07, 6.45) is -2.64. The van der Waals surface area contributed by atoms with E-state index in [1.807, 2.05) is 0 Å². The molecular formula is C11H13F2NO3. The summed E-state index contributed by atoms with van der Waals surface area (Å²) < 4.78 is 40.9. The van der Waals surface area contributed by atoms with Gasteiger partial charge in [0.2, 0.25) is 5.75 Å². The molecule has 0 saturated heterocycles. The van der Waals surface area contributed by atoms with Crippen LogP contribution in [0.4, 0.5) is 8.78 Å². The molecule has 0 aliphatic carbocycles. The average molecular weight is 245 g/mol. The van der Waals surface area contributed by atoms with Crippen molar-refractivity contribution in [1.29, 1.82) is 0 Å². The van der Waals surface area contributed by atoms with Gasteiger partial charge in [-0.2, -0.15) is 0 Å². The maximum absolute atomic E-state index is 12.5. The lowest BCUT2D eigenvalue weighted by atomic mass is 10.1. The summed E-state index contributed by atoms with van der Waals surface area (Å²) >= 11 is 0. The maximum Gasteiger partial charge on any atom is 0.257 e. The molecule has 1 heterocycles. The van der Waals surface area contributed by atoms with Crippen LogP contribution in [0.15, 0.2) is 12.1 Å². The number of halogens is 2. The van der Waals surface area contributed by atoms with Crippen molar-refractivity contribution in [2.24, 2.45) is 5.73 Å². The van der Waals surface area contributed by atoms with Gasteiger partial charge in [0.15, 0.2) is 11.5 Å². The number of benzene rings is 1. The van der Waals surface area contributed by atoms with E-state index in [1.165, 1.54) is 19.2 Å². The number of rotatable bonds is 3. The van der Waals surface area contributed by atoms with E-state index >= 15 is 0 Å². The van der Waals surface area contributed by atoms with E-state index in [-0.39, 0.29) is 5.56 Å². The van der Waals surface area contributed by atoms with E-state index in [0.29, 0.717) is 30.5 Å². The first-order valence-electron chi connectivity index (χ1n) is 5.14. The highest BCUT2D eigenvalue weighted by Crippen LogP contribution is 2.41. The minimum Gasteiger partial charge on any atom is -0.493 e. The van der Waals surface area contributed by atoms with Crippen molar-refractivity contribution < 1.29 is 23.0 Å². The Morgan fingerprint density at radius 2 is 2.00 bits per heavy atom. The monoisotopic (exact) mass is 245 g/mol. The average Bonchev–Trinajstić information content (AvgIpc) is 2.36. The van der Waals surface area contributed by atoms with Crippen LogP contribution >= 0.6 is 0 Å². The van der Waals surface area contributed by atoms with Crippen molar-refractivity contribution in [3.63, 3.8) is 0 Å². The number of ether oxygens (including phenoxy) is 3. The Hall–Kier alpha value is -1.56. The molecule has 0 saturated carbocycles.